The molecule has 0 atom stereocenters. The molecule has 1 aromatic heterocycles. The minimum atomic E-state index is 0.574. The number of benzene rings is 2. The highest BCUT2D eigenvalue weighted by Gasteiger charge is 2.12. The van der Waals surface area contributed by atoms with E-state index in [1.165, 1.54) is 0 Å². The Balaban J connectivity index is 2.29. The van der Waals surface area contributed by atoms with Crippen LogP contribution >= 0.6 is 0 Å². The summed E-state index contributed by atoms with van der Waals surface area (Å²) in [7, 11) is 3.43. The number of rotatable bonds is 2. The number of hydrogen-bond acceptors (Lipinski definition) is 3. The summed E-state index contributed by atoms with van der Waals surface area (Å²) < 4.78 is 6.88. The molecule has 0 amide bonds. The molecule has 0 aliphatic carbocycles. The van der Waals surface area contributed by atoms with Crippen molar-refractivity contribution in [1.82, 2.24) is 9.78 Å². The molecule has 3 rings (SSSR count). The van der Waals surface area contributed by atoms with Crippen LogP contribution in [0.4, 0.5) is 0 Å². The van der Waals surface area contributed by atoms with Gasteiger partial charge < -0.3 is 4.74 Å². The van der Waals surface area contributed by atoms with E-state index in [2.05, 4.69) is 11.2 Å². The molecule has 0 bridgehead atoms. The lowest BCUT2D eigenvalue weighted by molar-refractivity contribution is 0.415. The number of nitrogens with zero attached hydrogens (tertiary/aromatic N) is 3. The van der Waals surface area contributed by atoms with Crippen molar-refractivity contribution in [2.45, 2.75) is 0 Å². The number of nitriles is 1. The van der Waals surface area contributed by atoms with Crippen molar-refractivity contribution in [3.05, 3.63) is 48.2 Å². The number of aromatic nitrogens is 2. The molecule has 0 aliphatic rings. The molecule has 3 aromatic rings. The van der Waals surface area contributed by atoms with Gasteiger partial charge in [-0.1, -0.05) is 24.3 Å². The maximum absolute atomic E-state index is 9.22. The summed E-state index contributed by atoms with van der Waals surface area (Å²) >= 11 is 0. The maximum Gasteiger partial charge on any atom is 0.146 e. The Morgan fingerprint density at radius 1 is 1.20 bits per heavy atom. The predicted molar refractivity (Wildman–Crippen MR) is 77.4 cm³/mol. The van der Waals surface area contributed by atoms with Crippen molar-refractivity contribution < 1.29 is 4.74 Å². The smallest absolute Gasteiger partial charge is 0.146 e. The molecule has 0 saturated heterocycles. The van der Waals surface area contributed by atoms with Gasteiger partial charge in [-0.2, -0.15) is 10.4 Å². The van der Waals surface area contributed by atoms with Gasteiger partial charge >= 0.3 is 0 Å². The van der Waals surface area contributed by atoms with E-state index in [4.69, 9.17) is 4.74 Å². The Kier molecular flexibility index (Phi) is 2.88. The van der Waals surface area contributed by atoms with Crippen LogP contribution in [0, 0.1) is 11.3 Å². The number of hydrogen-bond donors (Lipinski definition) is 0. The van der Waals surface area contributed by atoms with E-state index in [9.17, 15) is 5.26 Å². The van der Waals surface area contributed by atoms with Crippen LogP contribution in [0.1, 0.15) is 5.69 Å². The number of fused-ring (bicyclic) bond motifs is 1. The molecule has 0 fully saturated rings. The molecule has 0 aliphatic heterocycles. The van der Waals surface area contributed by atoms with Gasteiger partial charge in [0, 0.05) is 18.0 Å². The number of methoxy groups -OCH3 is 1. The molecule has 1 heterocycles. The minimum absolute atomic E-state index is 0.574. The third-order valence-corrected chi connectivity index (χ3v) is 3.35. The Bertz CT molecular complexity index is 827. The zero-order valence-corrected chi connectivity index (χ0v) is 11.3. The van der Waals surface area contributed by atoms with Gasteiger partial charge in [-0.15, -0.1) is 0 Å². The first-order chi connectivity index (χ1) is 9.74. The molecule has 0 radical (unpaired) electrons. The molecule has 0 N–H and O–H groups in total. The first-order valence-corrected chi connectivity index (χ1v) is 6.25. The van der Waals surface area contributed by atoms with Crippen LogP contribution in [0.2, 0.25) is 0 Å². The average Bonchev–Trinajstić information content (AvgIpc) is 2.82. The normalized spacial score (nSPS) is 10.4. The third-order valence-electron chi connectivity index (χ3n) is 3.35. The van der Waals surface area contributed by atoms with Gasteiger partial charge in [-0.05, 0) is 23.8 Å². The topological polar surface area (TPSA) is 50.8 Å². The van der Waals surface area contributed by atoms with E-state index in [0.29, 0.717) is 5.69 Å². The predicted octanol–water partition coefficient (Wildman–Crippen LogP) is 3.12. The molecule has 0 unspecified atom stereocenters. The van der Waals surface area contributed by atoms with Crippen LogP contribution in [0.5, 0.6) is 5.75 Å². The van der Waals surface area contributed by atoms with E-state index in [1.807, 2.05) is 42.5 Å². The monoisotopic (exact) mass is 263 g/mol. The second-order valence-corrected chi connectivity index (χ2v) is 4.52. The summed E-state index contributed by atoms with van der Waals surface area (Å²) in [5.74, 6) is 0.802. The van der Waals surface area contributed by atoms with Crippen molar-refractivity contribution in [3.63, 3.8) is 0 Å². The Morgan fingerprint density at radius 2 is 2.00 bits per heavy atom. The van der Waals surface area contributed by atoms with E-state index in [-0.39, 0.29) is 0 Å². The van der Waals surface area contributed by atoms with E-state index < -0.39 is 0 Å². The fourth-order valence-electron chi connectivity index (χ4n) is 2.37. The van der Waals surface area contributed by atoms with Crippen LogP contribution in [-0.4, -0.2) is 16.9 Å². The Labute approximate surface area is 116 Å². The van der Waals surface area contributed by atoms with Crippen molar-refractivity contribution in [3.8, 4) is 22.9 Å². The van der Waals surface area contributed by atoms with Crippen LogP contribution in [-0.2, 0) is 7.05 Å². The highest BCUT2D eigenvalue weighted by atomic mass is 16.5. The minimum Gasteiger partial charge on any atom is -0.497 e. The summed E-state index contributed by atoms with van der Waals surface area (Å²) in [4.78, 5) is 0. The molecule has 20 heavy (non-hydrogen) atoms. The number of aryl methyl sites for hydroxylation is 1. The van der Waals surface area contributed by atoms with Crippen LogP contribution in [0.15, 0.2) is 42.5 Å². The molecule has 2 aromatic carbocycles. The number of ether oxygens (including phenoxy) is 1. The lowest BCUT2D eigenvalue weighted by Crippen LogP contribution is -1.92. The molecule has 0 spiro atoms. The quantitative estimate of drug-likeness (QED) is 0.713. The van der Waals surface area contributed by atoms with Crippen LogP contribution in [0.3, 0.4) is 0 Å². The van der Waals surface area contributed by atoms with Gasteiger partial charge in [0.25, 0.3) is 0 Å². The summed E-state index contributed by atoms with van der Waals surface area (Å²) in [5, 5.41) is 14.6. The first-order valence-electron chi connectivity index (χ1n) is 6.25. The SMILES string of the molecule is COc1cccc(-c2cccc3c(C#N)n(C)nc23)c1. The summed E-state index contributed by atoms with van der Waals surface area (Å²) in [6.07, 6.45) is 0. The Morgan fingerprint density at radius 3 is 2.75 bits per heavy atom. The molecular formula is C16H13N3O. The van der Waals surface area contributed by atoms with E-state index >= 15 is 0 Å². The fraction of sp³-hybridized carbons (Fsp3) is 0.125. The summed E-state index contributed by atoms with van der Waals surface area (Å²) in [6.45, 7) is 0. The van der Waals surface area contributed by atoms with Gasteiger partial charge in [0.1, 0.15) is 23.0 Å². The maximum atomic E-state index is 9.22. The Hall–Kier alpha value is -2.80. The van der Waals surface area contributed by atoms with Gasteiger partial charge in [0.05, 0.1) is 7.11 Å². The van der Waals surface area contributed by atoms with Crippen molar-refractivity contribution >= 4 is 10.9 Å². The van der Waals surface area contributed by atoms with Crippen molar-refractivity contribution in [2.75, 3.05) is 7.11 Å². The fourth-order valence-corrected chi connectivity index (χ4v) is 2.37. The van der Waals surface area contributed by atoms with Gasteiger partial charge in [0.2, 0.25) is 0 Å². The van der Waals surface area contributed by atoms with Gasteiger partial charge in [-0.3, -0.25) is 4.68 Å². The lowest BCUT2D eigenvalue weighted by atomic mass is 10.0. The van der Waals surface area contributed by atoms with Gasteiger partial charge in [-0.25, -0.2) is 0 Å². The second kappa shape index (κ2) is 4.71. The summed E-state index contributed by atoms with van der Waals surface area (Å²) in [5.41, 5.74) is 3.43. The zero-order valence-electron chi connectivity index (χ0n) is 11.3. The average molecular weight is 263 g/mol. The largest absolute Gasteiger partial charge is 0.497 e. The highest BCUT2D eigenvalue weighted by Crippen LogP contribution is 2.31. The van der Waals surface area contributed by atoms with Gasteiger partial charge in [0.15, 0.2) is 0 Å². The van der Waals surface area contributed by atoms with Crippen LogP contribution < -0.4 is 4.74 Å². The zero-order chi connectivity index (χ0) is 14.1. The second-order valence-electron chi connectivity index (χ2n) is 4.52. The van der Waals surface area contributed by atoms with Crippen molar-refractivity contribution in [2.24, 2.45) is 7.05 Å². The molecule has 4 nitrogen and oxygen atoms in total. The van der Waals surface area contributed by atoms with Crippen LogP contribution in [0.25, 0.3) is 22.0 Å². The molecule has 0 saturated carbocycles. The lowest BCUT2D eigenvalue weighted by Gasteiger charge is -2.05. The van der Waals surface area contributed by atoms with E-state index in [0.717, 1.165) is 27.8 Å². The molecular weight excluding hydrogens is 250 g/mol. The molecule has 98 valence electrons. The van der Waals surface area contributed by atoms with Crippen molar-refractivity contribution in [1.29, 1.82) is 5.26 Å². The standard InChI is InChI=1S/C16H13N3O/c1-19-15(10-17)14-8-4-7-13(16(14)18-19)11-5-3-6-12(9-11)20-2/h3-9H,1-2H3. The highest BCUT2D eigenvalue weighted by molar-refractivity contribution is 5.96. The molecule has 4 heteroatoms. The first kappa shape index (κ1) is 12.2. The summed E-state index contributed by atoms with van der Waals surface area (Å²) in [6, 6.07) is 15.9. The van der Waals surface area contributed by atoms with E-state index in [1.54, 1.807) is 18.8 Å². The third kappa shape index (κ3) is 1.81.